The van der Waals surface area contributed by atoms with Gasteiger partial charge in [-0.2, -0.15) is 4.52 Å². The van der Waals surface area contributed by atoms with Crippen molar-refractivity contribution in [3.05, 3.63) is 72.8 Å². The molecule has 2 aromatic heterocycles. The fraction of sp³-hybridized carbons (Fsp3) is 0.0870. The van der Waals surface area contributed by atoms with Crippen LogP contribution in [0.25, 0.3) is 16.6 Å². The van der Waals surface area contributed by atoms with Crippen LogP contribution in [-0.2, 0) is 9.84 Å². The van der Waals surface area contributed by atoms with E-state index in [0.29, 0.717) is 36.0 Å². The van der Waals surface area contributed by atoms with E-state index in [1.807, 2.05) is 42.5 Å². The molecule has 0 aliphatic carbocycles. The summed E-state index contributed by atoms with van der Waals surface area (Å²) in [5.74, 6) is 1.79. The summed E-state index contributed by atoms with van der Waals surface area (Å²) in [5.41, 5.74) is 1.53. The van der Waals surface area contributed by atoms with Crippen LogP contribution in [0, 0.1) is 0 Å². The van der Waals surface area contributed by atoms with Crippen molar-refractivity contribution in [3.63, 3.8) is 0 Å². The first-order valence-corrected chi connectivity index (χ1v) is 11.7. The van der Waals surface area contributed by atoms with E-state index < -0.39 is 9.84 Å². The molecule has 6 rings (SSSR count). The van der Waals surface area contributed by atoms with E-state index in [1.165, 1.54) is 16.6 Å². The predicted molar refractivity (Wildman–Crippen MR) is 121 cm³/mol. The zero-order valence-electron chi connectivity index (χ0n) is 17.2. The van der Waals surface area contributed by atoms with Crippen molar-refractivity contribution in [2.75, 3.05) is 18.5 Å². The average molecular weight is 459 g/mol. The van der Waals surface area contributed by atoms with Crippen LogP contribution in [0.4, 0.5) is 11.5 Å². The Morgan fingerprint density at radius 3 is 2.48 bits per heavy atom. The largest absolute Gasteiger partial charge is 0.486 e. The standard InChI is InChI=1S/C23H17N5O4S/c29-33(30,16-6-2-1-3-7-16)23-22-25-21(17-8-4-5-9-18(17)28(22)27-26-23)24-15-10-11-19-20(14-15)32-13-12-31-19/h1-11,14H,12-13H2,(H,24,25). The molecule has 3 heterocycles. The molecule has 0 saturated carbocycles. The first-order valence-electron chi connectivity index (χ1n) is 10.2. The SMILES string of the molecule is O=S(=O)(c1ccccc1)c1nnn2c1nc(Nc1ccc3c(c1)OCCO3)c1ccccc12. The lowest BCUT2D eigenvalue weighted by molar-refractivity contribution is 0.171. The van der Waals surface area contributed by atoms with Gasteiger partial charge in [-0.05, 0) is 36.4 Å². The Balaban J connectivity index is 1.53. The third kappa shape index (κ3) is 3.23. The summed E-state index contributed by atoms with van der Waals surface area (Å²) in [4.78, 5) is 4.77. The van der Waals surface area contributed by atoms with Crippen LogP contribution in [-0.4, -0.2) is 41.4 Å². The van der Waals surface area contributed by atoms with E-state index >= 15 is 0 Å². The van der Waals surface area contributed by atoms with E-state index in [1.54, 1.807) is 18.2 Å². The van der Waals surface area contributed by atoms with Gasteiger partial charge < -0.3 is 14.8 Å². The smallest absolute Gasteiger partial charge is 0.229 e. The monoisotopic (exact) mass is 459 g/mol. The molecule has 3 aromatic carbocycles. The van der Waals surface area contributed by atoms with Crippen molar-refractivity contribution in [1.29, 1.82) is 0 Å². The number of hydrogen-bond acceptors (Lipinski definition) is 8. The molecule has 1 N–H and O–H groups in total. The highest BCUT2D eigenvalue weighted by Crippen LogP contribution is 2.35. The van der Waals surface area contributed by atoms with Gasteiger partial charge >= 0.3 is 0 Å². The number of hydrogen-bond donors (Lipinski definition) is 1. The zero-order chi connectivity index (χ0) is 22.4. The van der Waals surface area contributed by atoms with Crippen LogP contribution in [0.5, 0.6) is 11.5 Å². The summed E-state index contributed by atoms with van der Waals surface area (Å²) in [5, 5.41) is 11.9. The summed E-state index contributed by atoms with van der Waals surface area (Å²) in [6.45, 7) is 0.987. The molecule has 10 heteroatoms. The molecule has 0 bridgehead atoms. The number of para-hydroxylation sites is 1. The quantitative estimate of drug-likeness (QED) is 0.434. The highest BCUT2D eigenvalue weighted by atomic mass is 32.2. The van der Waals surface area contributed by atoms with Crippen molar-refractivity contribution in [2.45, 2.75) is 9.92 Å². The fourth-order valence-corrected chi connectivity index (χ4v) is 5.04. The fourth-order valence-electron chi connectivity index (χ4n) is 3.78. The molecular weight excluding hydrogens is 442 g/mol. The van der Waals surface area contributed by atoms with Crippen molar-refractivity contribution in [3.8, 4) is 11.5 Å². The Kier molecular flexibility index (Phi) is 4.40. The molecule has 0 saturated heterocycles. The number of benzene rings is 3. The van der Waals surface area contributed by atoms with E-state index in [-0.39, 0.29) is 15.6 Å². The molecule has 33 heavy (non-hydrogen) atoms. The molecule has 164 valence electrons. The van der Waals surface area contributed by atoms with Crippen LogP contribution in [0.3, 0.4) is 0 Å². The molecule has 9 nitrogen and oxygen atoms in total. The topological polar surface area (TPSA) is 108 Å². The molecule has 0 atom stereocenters. The number of fused-ring (bicyclic) bond motifs is 4. The molecule has 1 aliphatic heterocycles. The Labute approximate surface area is 188 Å². The maximum absolute atomic E-state index is 13.3. The second-order valence-corrected chi connectivity index (χ2v) is 9.27. The van der Waals surface area contributed by atoms with E-state index in [0.717, 1.165) is 11.1 Å². The predicted octanol–water partition coefficient (Wildman–Crippen LogP) is 3.63. The third-order valence-corrected chi connectivity index (χ3v) is 7.00. The molecule has 0 radical (unpaired) electrons. The summed E-state index contributed by atoms with van der Waals surface area (Å²) in [6, 6.07) is 21.1. The number of nitrogens with zero attached hydrogens (tertiary/aromatic N) is 4. The lowest BCUT2D eigenvalue weighted by atomic mass is 10.2. The van der Waals surface area contributed by atoms with Crippen LogP contribution < -0.4 is 14.8 Å². The third-order valence-electron chi connectivity index (χ3n) is 5.33. The normalized spacial score (nSPS) is 13.3. The minimum Gasteiger partial charge on any atom is -0.486 e. The van der Waals surface area contributed by atoms with Gasteiger partial charge in [0.15, 0.2) is 17.1 Å². The number of rotatable bonds is 4. The molecule has 0 amide bonds. The van der Waals surface area contributed by atoms with Gasteiger partial charge in [0.2, 0.25) is 14.9 Å². The number of sulfone groups is 1. The van der Waals surface area contributed by atoms with Gasteiger partial charge in [0, 0.05) is 17.1 Å². The molecule has 0 unspecified atom stereocenters. The molecular formula is C23H17N5O4S. The van der Waals surface area contributed by atoms with Gasteiger partial charge in [-0.1, -0.05) is 35.5 Å². The minimum atomic E-state index is -3.91. The zero-order valence-corrected chi connectivity index (χ0v) is 18.0. The van der Waals surface area contributed by atoms with Gasteiger partial charge in [-0.25, -0.2) is 13.4 Å². The molecule has 1 aliphatic rings. The van der Waals surface area contributed by atoms with Gasteiger partial charge in [-0.3, -0.25) is 0 Å². The number of nitrogens with one attached hydrogen (secondary N) is 1. The summed E-state index contributed by atoms with van der Waals surface area (Å²) in [7, 11) is -3.91. The van der Waals surface area contributed by atoms with Crippen molar-refractivity contribution >= 4 is 37.9 Å². The second kappa shape index (κ2) is 7.45. The lowest BCUT2D eigenvalue weighted by Gasteiger charge is -2.19. The van der Waals surface area contributed by atoms with E-state index in [9.17, 15) is 8.42 Å². The van der Waals surface area contributed by atoms with Gasteiger partial charge in [0.1, 0.15) is 19.0 Å². The van der Waals surface area contributed by atoms with Crippen LogP contribution in [0.2, 0.25) is 0 Å². The first kappa shape index (κ1) is 19.5. The van der Waals surface area contributed by atoms with Gasteiger partial charge in [0.05, 0.1) is 10.4 Å². The average Bonchev–Trinajstić information content (AvgIpc) is 3.30. The number of anilines is 2. The molecule has 0 spiro atoms. The summed E-state index contributed by atoms with van der Waals surface area (Å²) >= 11 is 0. The van der Waals surface area contributed by atoms with Gasteiger partial charge in [0.25, 0.3) is 0 Å². The van der Waals surface area contributed by atoms with Crippen molar-refractivity contribution in [2.24, 2.45) is 0 Å². The van der Waals surface area contributed by atoms with Crippen LogP contribution in [0.15, 0.2) is 82.7 Å². The minimum absolute atomic E-state index is 0.128. The van der Waals surface area contributed by atoms with E-state index in [2.05, 4.69) is 20.6 Å². The second-order valence-electron chi connectivity index (χ2n) is 7.41. The Morgan fingerprint density at radius 1 is 0.879 bits per heavy atom. The van der Waals surface area contributed by atoms with Crippen LogP contribution in [0.1, 0.15) is 0 Å². The van der Waals surface area contributed by atoms with Crippen molar-refractivity contribution < 1.29 is 17.9 Å². The van der Waals surface area contributed by atoms with Crippen LogP contribution >= 0.6 is 0 Å². The summed E-state index contributed by atoms with van der Waals surface area (Å²) < 4.78 is 39.2. The Morgan fingerprint density at radius 2 is 1.64 bits per heavy atom. The maximum Gasteiger partial charge on any atom is 0.229 e. The molecule has 5 aromatic rings. The number of ether oxygens (including phenoxy) is 2. The Hall–Kier alpha value is -4.18. The number of aromatic nitrogens is 4. The highest BCUT2D eigenvalue weighted by molar-refractivity contribution is 7.91. The molecule has 0 fully saturated rings. The van der Waals surface area contributed by atoms with Gasteiger partial charge in [-0.15, -0.1) is 5.10 Å². The first-order chi connectivity index (χ1) is 16.1. The lowest BCUT2D eigenvalue weighted by Crippen LogP contribution is -2.15. The Bertz CT molecular complexity index is 1620. The highest BCUT2D eigenvalue weighted by Gasteiger charge is 2.27. The maximum atomic E-state index is 13.3. The van der Waals surface area contributed by atoms with E-state index in [4.69, 9.17) is 9.47 Å². The van der Waals surface area contributed by atoms with Crippen molar-refractivity contribution in [1.82, 2.24) is 19.8 Å². The summed E-state index contributed by atoms with van der Waals surface area (Å²) in [6.07, 6.45) is 0.